The molecule has 3 N–H and O–H groups in total. The van der Waals surface area contributed by atoms with Crippen LogP contribution in [0.2, 0.25) is 10.0 Å². The van der Waals surface area contributed by atoms with Crippen molar-refractivity contribution in [2.45, 2.75) is 42.7 Å². The lowest BCUT2D eigenvalue weighted by Gasteiger charge is -2.41. The normalized spacial score (nSPS) is 18.1. The Morgan fingerprint density at radius 2 is 1.64 bits per heavy atom. The number of nitrogens with one attached hydrogen (secondary N) is 1. The van der Waals surface area contributed by atoms with Crippen LogP contribution < -0.4 is 10.5 Å². The molecule has 42 heavy (non-hydrogen) atoms. The van der Waals surface area contributed by atoms with Gasteiger partial charge in [0.2, 0.25) is 0 Å². The van der Waals surface area contributed by atoms with Gasteiger partial charge in [0.1, 0.15) is 28.6 Å². The van der Waals surface area contributed by atoms with E-state index < -0.39 is 15.8 Å². The Morgan fingerprint density at radius 3 is 2.31 bits per heavy atom. The highest BCUT2D eigenvalue weighted by molar-refractivity contribution is 7.93. The second-order valence-corrected chi connectivity index (χ2v) is 13.3. The zero-order valence-electron chi connectivity index (χ0n) is 23.0. The molecular formula is C28H31Cl2FN8O2S. The molecule has 0 saturated carbocycles. The van der Waals surface area contributed by atoms with Crippen LogP contribution in [0, 0.1) is 5.82 Å². The standard InChI is InChI=1S/C28H31Cl2FN8O2S/c1-37-11-7-18(8-12-37)38-13-9-19(10-14-38)39-28-24(27(32)33-16-34-28)25(35-39)17-5-6-23(22(31)15-17)36-42(40,41)26-20(29)3-2-4-21(26)30/h2-6,15-16,18-19,36H,7-14H2,1H3,(H2,32,33,34). The minimum Gasteiger partial charge on any atom is -0.383 e. The van der Waals surface area contributed by atoms with E-state index in [1.54, 1.807) is 6.07 Å². The van der Waals surface area contributed by atoms with E-state index in [0.717, 1.165) is 39.0 Å². The average molecular weight is 634 g/mol. The molecule has 0 bridgehead atoms. The van der Waals surface area contributed by atoms with Gasteiger partial charge in [0.25, 0.3) is 10.0 Å². The first kappa shape index (κ1) is 29.1. The van der Waals surface area contributed by atoms with Crippen LogP contribution in [-0.2, 0) is 10.0 Å². The van der Waals surface area contributed by atoms with Gasteiger partial charge >= 0.3 is 0 Å². The molecule has 0 spiro atoms. The second-order valence-electron chi connectivity index (χ2n) is 10.9. The van der Waals surface area contributed by atoms with E-state index in [9.17, 15) is 8.42 Å². The molecule has 222 valence electrons. The first-order chi connectivity index (χ1) is 20.1. The molecule has 14 heteroatoms. The minimum absolute atomic E-state index is 0.0725. The number of benzene rings is 2. The molecule has 0 atom stereocenters. The molecule has 2 aliphatic heterocycles. The van der Waals surface area contributed by atoms with Gasteiger partial charge in [-0.25, -0.2) is 27.5 Å². The van der Waals surface area contributed by atoms with Crippen molar-refractivity contribution < 1.29 is 12.8 Å². The second kappa shape index (κ2) is 11.6. The average Bonchev–Trinajstić information content (AvgIpc) is 3.35. The van der Waals surface area contributed by atoms with Crippen LogP contribution >= 0.6 is 23.2 Å². The zero-order chi connectivity index (χ0) is 29.6. The molecule has 2 aromatic heterocycles. The highest BCUT2D eigenvalue weighted by Crippen LogP contribution is 2.37. The van der Waals surface area contributed by atoms with Crippen molar-refractivity contribution in [3.05, 3.63) is 58.6 Å². The van der Waals surface area contributed by atoms with E-state index >= 15 is 4.39 Å². The topological polar surface area (TPSA) is 122 Å². The Labute approximate surface area is 253 Å². The number of aromatic nitrogens is 4. The van der Waals surface area contributed by atoms with E-state index in [-0.39, 0.29) is 32.5 Å². The smallest absolute Gasteiger partial charge is 0.264 e. The summed E-state index contributed by atoms with van der Waals surface area (Å²) in [7, 11) is -2.09. The lowest BCUT2D eigenvalue weighted by atomic mass is 9.98. The van der Waals surface area contributed by atoms with Gasteiger partial charge in [0.15, 0.2) is 5.65 Å². The van der Waals surface area contributed by atoms with Crippen LogP contribution in [0.25, 0.3) is 22.3 Å². The number of halogens is 3. The summed E-state index contributed by atoms with van der Waals surface area (Å²) in [6.45, 7) is 4.18. The maximum atomic E-state index is 15.4. The SMILES string of the molecule is CN1CCC(N2CCC(n3nc(-c4ccc(NS(=O)(=O)c5c(Cl)cccc5Cl)c(F)c4)c4c(N)ncnc43)CC2)CC1. The monoisotopic (exact) mass is 632 g/mol. The molecular weight excluding hydrogens is 602 g/mol. The molecule has 0 aliphatic carbocycles. The highest BCUT2D eigenvalue weighted by atomic mass is 35.5. The molecule has 2 aromatic carbocycles. The Balaban J connectivity index is 1.27. The van der Waals surface area contributed by atoms with Crippen molar-refractivity contribution in [3.8, 4) is 11.3 Å². The molecule has 2 fully saturated rings. The Morgan fingerprint density at radius 1 is 0.976 bits per heavy atom. The number of nitrogen functional groups attached to an aromatic ring is 1. The Bertz CT molecular complexity index is 1720. The van der Waals surface area contributed by atoms with Gasteiger partial charge in [-0.15, -0.1) is 0 Å². The number of piperidine rings is 2. The lowest BCUT2D eigenvalue weighted by Crippen LogP contribution is -2.47. The van der Waals surface area contributed by atoms with Crippen molar-refractivity contribution in [1.29, 1.82) is 0 Å². The van der Waals surface area contributed by atoms with Crippen LogP contribution in [0.4, 0.5) is 15.9 Å². The molecule has 2 saturated heterocycles. The van der Waals surface area contributed by atoms with Crippen LogP contribution in [0.1, 0.15) is 31.7 Å². The number of nitrogens with two attached hydrogens (primary N) is 1. The van der Waals surface area contributed by atoms with Crippen LogP contribution in [0.5, 0.6) is 0 Å². The third kappa shape index (κ3) is 5.53. The molecule has 6 rings (SSSR count). The lowest BCUT2D eigenvalue weighted by molar-refractivity contribution is 0.0859. The summed E-state index contributed by atoms with van der Waals surface area (Å²) >= 11 is 12.2. The first-order valence-corrected chi connectivity index (χ1v) is 16.0. The van der Waals surface area contributed by atoms with Crippen molar-refractivity contribution >= 4 is 55.8 Å². The largest absolute Gasteiger partial charge is 0.383 e. The van der Waals surface area contributed by atoms with Crippen LogP contribution in [0.15, 0.2) is 47.6 Å². The molecule has 2 aliphatic rings. The van der Waals surface area contributed by atoms with Gasteiger partial charge in [0.05, 0.1) is 27.2 Å². The van der Waals surface area contributed by atoms with Crippen molar-refractivity contribution in [1.82, 2.24) is 29.5 Å². The fourth-order valence-corrected chi connectivity index (χ4v) is 8.20. The molecule has 0 unspecified atom stereocenters. The van der Waals surface area contributed by atoms with Gasteiger partial charge < -0.3 is 15.5 Å². The van der Waals surface area contributed by atoms with Gasteiger partial charge in [0, 0.05) is 24.7 Å². The summed E-state index contributed by atoms with van der Waals surface area (Å²) in [5, 5.41) is 5.26. The predicted molar refractivity (Wildman–Crippen MR) is 163 cm³/mol. The van der Waals surface area contributed by atoms with E-state index in [2.05, 4.69) is 31.5 Å². The van der Waals surface area contributed by atoms with Crippen molar-refractivity contribution in [2.24, 2.45) is 0 Å². The van der Waals surface area contributed by atoms with E-state index in [1.807, 2.05) is 4.68 Å². The highest BCUT2D eigenvalue weighted by Gasteiger charge is 2.30. The predicted octanol–water partition coefficient (Wildman–Crippen LogP) is 5.05. The van der Waals surface area contributed by atoms with Gasteiger partial charge in [-0.1, -0.05) is 35.3 Å². The molecule has 4 heterocycles. The summed E-state index contributed by atoms with van der Waals surface area (Å²) in [6.07, 6.45) is 5.59. The zero-order valence-corrected chi connectivity index (χ0v) is 25.3. The van der Waals surface area contributed by atoms with Gasteiger partial charge in [-0.3, -0.25) is 4.72 Å². The Hall–Kier alpha value is -3.03. The number of hydrogen-bond donors (Lipinski definition) is 2. The number of fused-ring (bicyclic) bond motifs is 1. The van der Waals surface area contributed by atoms with Crippen LogP contribution in [0.3, 0.4) is 0 Å². The molecule has 4 aromatic rings. The number of nitrogens with zero attached hydrogens (tertiary/aromatic N) is 6. The summed E-state index contributed by atoms with van der Waals surface area (Å²) < 4.78 is 45.5. The summed E-state index contributed by atoms with van der Waals surface area (Å²) in [6, 6.07) is 9.16. The summed E-state index contributed by atoms with van der Waals surface area (Å²) in [4.78, 5) is 13.3. The summed E-state index contributed by atoms with van der Waals surface area (Å²) in [5.41, 5.74) is 7.47. The van der Waals surface area contributed by atoms with Crippen molar-refractivity contribution in [3.63, 3.8) is 0 Å². The van der Waals surface area contributed by atoms with Crippen molar-refractivity contribution in [2.75, 3.05) is 43.7 Å². The maximum absolute atomic E-state index is 15.4. The number of likely N-dealkylation sites (tertiary alicyclic amines) is 2. The molecule has 10 nitrogen and oxygen atoms in total. The minimum atomic E-state index is -4.26. The van der Waals surface area contributed by atoms with E-state index in [0.29, 0.717) is 28.3 Å². The van der Waals surface area contributed by atoms with E-state index in [1.165, 1.54) is 49.5 Å². The first-order valence-electron chi connectivity index (χ1n) is 13.8. The number of anilines is 2. The van der Waals surface area contributed by atoms with Gasteiger partial charge in [-0.2, -0.15) is 5.10 Å². The fourth-order valence-electron chi connectivity index (χ4n) is 5.99. The summed E-state index contributed by atoms with van der Waals surface area (Å²) in [5.74, 6) is -0.563. The Kier molecular flexibility index (Phi) is 8.01. The van der Waals surface area contributed by atoms with Gasteiger partial charge in [-0.05, 0) is 70.1 Å². The quantitative estimate of drug-likeness (QED) is 0.303. The maximum Gasteiger partial charge on any atom is 0.264 e. The van der Waals surface area contributed by atoms with Crippen LogP contribution in [-0.4, -0.2) is 77.2 Å². The number of hydrogen-bond acceptors (Lipinski definition) is 8. The fraction of sp³-hybridized carbons (Fsp3) is 0.393. The third-order valence-corrected chi connectivity index (χ3v) is 10.6. The number of sulfonamides is 1. The number of rotatable bonds is 6. The molecule has 0 radical (unpaired) electrons. The third-order valence-electron chi connectivity index (χ3n) is 8.24. The van der Waals surface area contributed by atoms with E-state index in [4.69, 9.17) is 34.0 Å². The molecule has 0 amide bonds.